The van der Waals surface area contributed by atoms with Gasteiger partial charge in [0, 0.05) is 17.0 Å². The molecule has 1 saturated heterocycles. The Kier molecular flexibility index (Phi) is 6.69. The molecular weight excluding hydrogens is 430 g/mol. The third kappa shape index (κ3) is 4.33. The summed E-state index contributed by atoms with van der Waals surface area (Å²) in [6.45, 7) is 1.76. The molecule has 2 fully saturated rings. The van der Waals surface area contributed by atoms with Gasteiger partial charge in [-0.25, -0.2) is 9.59 Å². The summed E-state index contributed by atoms with van der Waals surface area (Å²) in [5.41, 5.74) is 1.37. The van der Waals surface area contributed by atoms with E-state index in [2.05, 4.69) is 0 Å². The van der Waals surface area contributed by atoms with E-state index in [0.29, 0.717) is 41.5 Å². The van der Waals surface area contributed by atoms with E-state index in [1.807, 2.05) is 25.3 Å². The Bertz CT molecular complexity index is 1090. The average Bonchev–Trinajstić information content (AvgIpc) is 3.02. The first kappa shape index (κ1) is 22.6. The molecule has 1 saturated carbocycles. The topological polar surface area (TPSA) is 93.9 Å². The van der Waals surface area contributed by atoms with Crippen LogP contribution in [0, 0.1) is 18.8 Å². The van der Waals surface area contributed by atoms with E-state index < -0.39 is 17.6 Å². The molecule has 0 unspecified atom stereocenters. The molecule has 1 aromatic carbocycles. The predicted octanol–water partition coefficient (Wildman–Crippen LogP) is 3.44. The molecule has 3 atom stereocenters. The highest BCUT2D eigenvalue weighted by atomic mass is 32.2. The molecule has 0 radical (unpaired) electrons. The summed E-state index contributed by atoms with van der Waals surface area (Å²) in [6, 6.07) is 5.83. The minimum Gasteiger partial charge on any atom is -0.459 e. The highest BCUT2D eigenvalue weighted by Crippen LogP contribution is 2.39. The Hall–Kier alpha value is -2.61. The van der Waals surface area contributed by atoms with Crippen LogP contribution in [0.2, 0.25) is 0 Å². The van der Waals surface area contributed by atoms with E-state index >= 15 is 0 Å². The molecule has 1 aromatic heterocycles. The van der Waals surface area contributed by atoms with E-state index in [4.69, 9.17) is 9.15 Å². The fourth-order valence-electron chi connectivity index (χ4n) is 4.78. The maximum atomic E-state index is 13.1. The second-order valence-electron chi connectivity index (χ2n) is 8.54. The molecule has 0 N–H and O–H groups in total. The number of esters is 1. The Morgan fingerprint density at radius 3 is 2.50 bits per heavy atom. The van der Waals surface area contributed by atoms with Gasteiger partial charge in [-0.05, 0) is 49.8 Å². The van der Waals surface area contributed by atoms with Gasteiger partial charge >= 0.3 is 11.6 Å². The summed E-state index contributed by atoms with van der Waals surface area (Å²) in [4.78, 5) is 52.3. The molecule has 0 bridgehead atoms. The summed E-state index contributed by atoms with van der Waals surface area (Å²) in [5.74, 6) is -1.12. The van der Waals surface area contributed by atoms with Crippen LogP contribution in [0.1, 0.15) is 43.2 Å². The molecular formula is C24H27NO6S. The lowest BCUT2D eigenvalue weighted by Crippen LogP contribution is -2.46. The third-order valence-corrected chi connectivity index (χ3v) is 7.05. The molecule has 4 rings (SSSR count). The van der Waals surface area contributed by atoms with E-state index in [9.17, 15) is 19.2 Å². The van der Waals surface area contributed by atoms with Crippen LogP contribution in [0.25, 0.3) is 11.0 Å². The zero-order valence-corrected chi connectivity index (χ0v) is 19.1. The van der Waals surface area contributed by atoms with Crippen molar-refractivity contribution >= 4 is 40.5 Å². The van der Waals surface area contributed by atoms with Gasteiger partial charge in [0.15, 0.2) is 0 Å². The van der Waals surface area contributed by atoms with Gasteiger partial charge in [-0.3, -0.25) is 14.5 Å². The second-order valence-corrected chi connectivity index (χ2v) is 9.52. The van der Waals surface area contributed by atoms with E-state index in [1.54, 1.807) is 17.8 Å². The number of imide groups is 1. The number of carbonyl (C=O) groups is 3. The molecule has 2 aliphatic rings. The van der Waals surface area contributed by atoms with E-state index in [1.165, 1.54) is 11.0 Å². The van der Waals surface area contributed by atoms with Crippen molar-refractivity contribution in [2.45, 2.75) is 51.7 Å². The second kappa shape index (κ2) is 9.48. The maximum absolute atomic E-state index is 13.1. The Labute approximate surface area is 190 Å². The summed E-state index contributed by atoms with van der Waals surface area (Å²) in [5, 5.41) is 0.683. The molecule has 2 aromatic rings. The number of carbonyl (C=O) groups excluding carboxylic acids is 3. The van der Waals surface area contributed by atoms with Crippen molar-refractivity contribution in [1.82, 2.24) is 4.90 Å². The van der Waals surface area contributed by atoms with Crippen LogP contribution in [-0.2, 0) is 25.7 Å². The molecule has 7 nitrogen and oxygen atoms in total. The van der Waals surface area contributed by atoms with Gasteiger partial charge in [-0.1, -0.05) is 25.0 Å². The molecule has 8 heteroatoms. The van der Waals surface area contributed by atoms with Crippen molar-refractivity contribution in [1.29, 1.82) is 0 Å². The largest absolute Gasteiger partial charge is 0.459 e. The molecule has 0 spiro atoms. The van der Waals surface area contributed by atoms with E-state index in [0.717, 1.165) is 18.4 Å². The standard InChI is InChI=1S/C24H27NO6S/c1-14-7-8-16-15(12-21(26)31-20(16)11-14)13-30-24(29)19(9-10-32-2)25-22(27)17-5-3-4-6-18(17)23(25)28/h7-8,11-12,17-19H,3-6,9-10,13H2,1-2H3/t17-,18+,19-/m0/s1. The monoisotopic (exact) mass is 457 g/mol. The quantitative estimate of drug-likeness (QED) is 0.357. The van der Waals surface area contributed by atoms with Crippen LogP contribution in [0.5, 0.6) is 0 Å². The number of rotatable bonds is 7. The van der Waals surface area contributed by atoms with Crippen LogP contribution in [-0.4, -0.2) is 40.7 Å². The van der Waals surface area contributed by atoms with Crippen molar-refractivity contribution in [3.63, 3.8) is 0 Å². The van der Waals surface area contributed by atoms with E-state index in [-0.39, 0.29) is 30.3 Å². The first-order chi connectivity index (χ1) is 15.4. The van der Waals surface area contributed by atoms with Crippen molar-refractivity contribution in [3.8, 4) is 0 Å². The van der Waals surface area contributed by atoms with Gasteiger partial charge in [0.25, 0.3) is 0 Å². The Morgan fingerprint density at radius 2 is 1.84 bits per heavy atom. The number of thioether (sulfide) groups is 1. The van der Waals surface area contributed by atoms with Crippen LogP contribution in [0.15, 0.2) is 33.5 Å². The predicted molar refractivity (Wildman–Crippen MR) is 121 cm³/mol. The highest BCUT2D eigenvalue weighted by Gasteiger charge is 2.52. The number of likely N-dealkylation sites (tertiary alicyclic amines) is 1. The zero-order valence-electron chi connectivity index (χ0n) is 18.3. The number of nitrogens with zero attached hydrogens (tertiary/aromatic N) is 1. The molecule has 1 aliphatic heterocycles. The van der Waals surface area contributed by atoms with Crippen LogP contribution in [0.4, 0.5) is 0 Å². The first-order valence-corrected chi connectivity index (χ1v) is 12.4. The Balaban J connectivity index is 1.56. The SMILES string of the molecule is CSCC[C@@H](C(=O)OCc1cc(=O)oc2cc(C)ccc12)N1C(=O)[C@H]2CCCC[C@H]2C1=O. The van der Waals surface area contributed by atoms with Gasteiger partial charge < -0.3 is 9.15 Å². The van der Waals surface area contributed by atoms with Crippen LogP contribution < -0.4 is 5.63 Å². The number of fused-ring (bicyclic) bond motifs is 2. The summed E-state index contributed by atoms with van der Waals surface area (Å²) in [6.07, 6.45) is 5.50. The normalized spacial score (nSPS) is 21.6. The number of benzene rings is 1. The van der Waals surface area contributed by atoms with Crippen molar-refractivity contribution in [3.05, 3.63) is 45.8 Å². The average molecular weight is 458 g/mol. The van der Waals surface area contributed by atoms with Gasteiger partial charge in [0.1, 0.15) is 18.2 Å². The lowest BCUT2D eigenvalue weighted by atomic mass is 9.81. The summed E-state index contributed by atoms with van der Waals surface area (Å²) in [7, 11) is 0. The van der Waals surface area contributed by atoms with Crippen molar-refractivity contribution in [2.75, 3.05) is 12.0 Å². The van der Waals surface area contributed by atoms with Gasteiger partial charge in [0.05, 0.1) is 11.8 Å². The lowest BCUT2D eigenvalue weighted by Gasteiger charge is -2.25. The fourth-order valence-corrected chi connectivity index (χ4v) is 5.24. The summed E-state index contributed by atoms with van der Waals surface area (Å²) >= 11 is 1.54. The zero-order chi connectivity index (χ0) is 22.8. The number of amides is 2. The lowest BCUT2D eigenvalue weighted by molar-refractivity contribution is -0.159. The number of hydrogen-bond acceptors (Lipinski definition) is 7. The minimum atomic E-state index is -0.943. The molecule has 170 valence electrons. The number of ether oxygens (including phenoxy) is 1. The smallest absolute Gasteiger partial charge is 0.336 e. The van der Waals surface area contributed by atoms with Crippen LogP contribution in [0.3, 0.4) is 0 Å². The third-order valence-electron chi connectivity index (χ3n) is 6.41. The minimum absolute atomic E-state index is 0.136. The fraction of sp³-hybridized carbons (Fsp3) is 0.500. The first-order valence-electron chi connectivity index (χ1n) is 11.0. The Morgan fingerprint density at radius 1 is 1.16 bits per heavy atom. The highest BCUT2D eigenvalue weighted by molar-refractivity contribution is 7.98. The molecule has 2 amide bonds. The van der Waals surface area contributed by atoms with Gasteiger partial charge in [0.2, 0.25) is 11.8 Å². The number of hydrogen-bond donors (Lipinski definition) is 0. The molecule has 1 aliphatic carbocycles. The van der Waals surface area contributed by atoms with Gasteiger partial charge in [-0.15, -0.1) is 0 Å². The molecule has 32 heavy (non-hydrogen) atoms. The van der Waals surface area contributed by atoms with Crippen LogP contribution >= 0.6 is 11.8 Å². The maximum Gasteiger partial charge on any atom is 0.336 e. The molecule has 2 heterocycles. The summed E-state index contributed by atoms with van der Waals surface area (Å²) < 4.78 is 10.8. The van der Waals surface area contributed by atoms with Gasteiger partial charge in [-0.2, -0.15) is 11.8 Å². The van der Waals surface area contributed by atoms with Crippen molar-refractivity contribution in [2.24, 2.45) is 11.8 Å². The van der Waals surface area contributed by atoms with Crippen molar-refractivity contribution < 1.29 is 23.5 Å². The number of aryl methyl sites for hydroxylation is 1.